The Balaban J connectivity index is 2.60. The fraction of sp³-hybridized carbons (Fsp3) is 0.438. The molecule has 0 aliphatic rings. The Morgan fingerprint density at radius 2 is 1.83 bits per heavy atom. The van der Waals surface area contributed by atoms with Crippen LogP contribution in [0.5, 0.6) is 0 Å². The molecule has 0 aliphatic heterocycles. The fourth-order valence-electron chi connectivity index (χ4n) is 2.06. The quantitative estimate of drug-likeness (QED) is 0.791. The van der Waals surface area contributed by atoms with E-state index in [1.807, 2.05) is 0 Å². The third-order valence-corrected chi connectivity index (χ3v) is 3.36. The van der Waals surface area contributed by atoms with Gasteiger partial charge in [0.1, 0.15) is 0 Å². The summed E-state index contributed by atoms with van der Waals surface area (Å²) in [6, 6.07) is 10.7. The molecule has 1 heterocycles. The molecule has 2 nitrogen and oxygen atoms in total. The van der Waals surface area contributed by atoms with Crippen LogP contribution in [0.1, 0.15) is 33.4 Å². The number of benzene rings is 1. The van der Waals surface area contributed by atoms with E-state index < -0.39 is 0 Å². The average Bonchev–Trinajstić information content (AvgIpc) is 2.35. The number of fused-ring (bicyclic) bond motifs is 1. The van der Waals surface area contributed by atoms with Gasteiger partial charge >= 0.3 is 0 Å². The molecule has 0 radical (unpaired) electrons. The van der Waals surface area contributed by atoms with Crippen molar-refractivity contribution in [1.82, 2.24) is 4.98 Å². The zero-order chi connectivity index (χ0) is 13.3. The molecule has 0 atom stereocenters. The van der Waals surface area contributed by atoms with Gasteiger partial charge in [0.2, 0.25) is 0 Å². The van der Waals surface area contributed by atoms with Crippen LogP contribution in [0.4, 0.5) is 5.69 Å². The van der Waals surface area contributed by atoms with Crippen molar-refractivity contribution in [1.29, 1.82) is 0 Å². The molecule has 2 rings (SSSR count). The molecule has 1 aromatic carbocycles. The fourth-order valence-corrected chi connectivity index (χ4v) is 2.06. The van der Waals surface area contributed by atoms with Gasteiger partial charge in [-0.15, -0.1) is 0 Å². The summed E-state index contributed by atoms with van der Waals surface area (Å²) in [4.78, 5) is 7.05. The number of hydrogen-bond acceptors (Lipinski definition) is 2. The first kappa shape index (κ1) is 12.9. The Kier molecular flexibility index (Phi) is 3.29. The Morgan fingerprint density at radius 3 is 2.44 bits per heavy atom. The van der Waals surface area contributed by atoms with Gasteiger partial charge in [0, 0.05) is 35.8 Å². The predicted molar refractivity (Wildman–Crippen MR) is 79.4 cm³/mol. The van der Waals surface area contributed by atoms with Crippen LogP contribution in [0.25, 0.3) is 10.9 Å². The Bertz CT molecular complexity index is 553. The first-order valence-corrected chi connectivity index (χ1v) is 6.55. The summed E-state index contributed by atoms with van der Waals surface area (Å²) in [6.45, 7) is 9.76. The summed E-state index contributed by atoms with van der Waals surface area (Å²) in [5.41, 5.74) is 3.58. The lowest BCUT2D eigenvalue weighted by Crippen LogP contribution is -2.17. The summed E-state index contributed by atoms with van der Waals surface area (Å²) in [7, 11) is 2.12. The molecule has 0 fully saturated rings. The highest BCUT2D eigenvalue weighted by molar-refractivity contribution is 5.91. The van der Waals surface area contributed by atoms with Crippen molar-refractivity contribution >= 4 is 16.6 Å². The normalized spacial score (nSPS) is 11.8. The smallest absolute Gasteiger partial charge is 0.0726 e. The van der Waals surface area contributed by atoms with Crippen molar-refractivity contribution in [3.63, 3.8) is 0 Å². The first-order valence-electron chi connectivity index (χ1n) is 6.55. The molecule has 2 heteroatoms. The van der Waals surface area contributed by atoms with Crippen LogP contribution in [0, 0.1) is 0 Å². The molecule has 0 saturated heterocycles. The highest BCUT2D eigenvalue weighted by Crippen LogP contribution is 2.28. The van der Waals surface area contributed by atoms with Crippen LogP contribution < -0.4 is 4.90 Å². The molecule has 0 spiro atoms. The number of nitrogens with zero attached hydrogens (tertiary/aromatic N) is 2. The van der Waals surface area contributed by atoms with Gasteiger partial charge in [0.15, 0.2) is 0 Å². The lowest BCUT2D eigenvalue weighted by atomic mass is 9.91. The van der Waals surface area contributed by atoms with Crippen LogP contribution in [0.2, 0.25) is 0 Å². The lowest BCUT2D eigenvalue weighted by Gasteiger charge is -2.21. The maximum absolute atomic E-state index is 4.80. The number of anilines is 1. The maximum atomic E-state index is 4.80. The van der Waals surface area contributed by atoms with Gasteiger partial charge in [-0.3, -0.25) is 4.98 Å². The largest absolute Gasteiger partial charge is 0.374 e. The van der Waals surface area contributed by atoms with E-state index in [1.54, 1.807) is 0 Å². The zero-order valence-corrected chi connectivity index (χ0v) is 12.0. The molecule has 0 bridgehead atoms. The predicted octanol–water partition coefficient (Wildman–Crippen LogP) is 3.99. The Morgan fingerprint density at radius 1 is 1.11 bits per heavy atom. The number of hydrogen-bond donors (Lipinski definition) is 0. The molecular formula is C16H22N2. The van der Waals surface area contributed by atoms with Crippen LogP contribution in [-0.2, 0) is 5.41 Å². The van der Waals surface area contributed by atoms with E-state index >= 15 is 0 Å². The molecule has 18 heavy (non-hydrogen) atoms. The Labute approximate surface area is 110 Å². The van der Waals surface area contributed by atoms with Crippen molar-refractivity contribution in [3.05, 3.63) is 36.0 Å². The highest BCUT2D eigenvalue weighted by atomic mass is 15.1. The van der Waals surface area contributed by atoms with Crippen molar-refractivity contribution in [2.45, 2.75) is 33.1 Å². The highest BCUT2D eigenvalue weighted by Gasteiger charge is 2.16. The van der Waals surface area contributed by atoms with Gasteiger partial charge < -0.3 is 4.90 Å². The van der Waals surface area contributed by atoms with Crippen molar-refractivity contribution in [2.75, 3.05) is 18.5 Å². The minimum absolute atomic E-state index is 0.0981. The molecule has 96 valence electrons. The van der Waals surface area contributed by atoms with Gasteiger partial charge in [-0.1, -0.05) is 26.8 Å². The van der Waals surface area contributed by atoms with E-state index in [2.05, 4.69) is 70.0 Å². The number of aromatic nitrogens is 1. The van der Waals surface area contributed by atoms with Crippen molar-refractivity contribution in [3.8, 4) is 0 Å². The molecule has 1 aromatic heterocycles. The van der Waals surface area contributed by atoms with Crippen LogP contribution in [0.15, 0.2) is 30.3 Å². The van der Waals surface area contributed by atoms with Gasteiger partial charge in [-0.05, 0) is 31.2 Å². The molecule has 0 unspecified atom stereocenters. The van der Waals surface area contributed by atoms with E-state index in [4.69, 9.17) is 4.98 Å². The average molecular weight is 242 g/mol. The molecule has 0 N–H and O–H groups in total. The molecule has 0 aliphatic carbocycles. The lowest BCUT2D eigenvalue weighted by molar-refractivity contribution is 0.571. The minimum atomic E-state index is 0.0981. The monoisotopic (exact) mass is 242 g/mol. The molecule has 0 amide bonds. The van der Waals surface area contributed by atoms with E-state index in [0.717, 1.165) is 17.8 Å². The first-order chi connectivity index (χ1) is 8.43. The van der Waals surface area contributed by atoms with E-state index in [0.29, 0.717) is 0 Å². The molecule has 2 aromatic rings. The molecule has 0 saturated carbocycles. The summed E-state index contributed by atoms with van der Waals surface area (Å²) in [5, 5.41) is 1.23. The summed E-state index contributed by atoms with van der Waals surface area (Å²) < 4.78 is 0. The third kappa shape index (κ3) is 2.33. The van der Waals surface area contributed by atoms with Gasteiger partial charge in [0.05, 0.1) is 5.52 Å². The second kappa shape index (κ2) is 4.60. The van der Waals surface area contributed by atoms with E-state index in [1.165, 1.54) is 11.1 Å². The SMILES string of the molecule is CCN(C)c1cccc2nc(C(C)(C)C)ccc12. The van der Waals surface area contributed by atoms with Crippen LogP contribution in [0.3, 0.4) is 0 Å². The second-order valence-corrected chi connectivity index (χ2v) is 5.80. The second-order valence-electron chi connectivity index (χ2n) is 5.80. The zero-order valence-electron chi connectivity index (χ0n) is 12.0. The van der Waals surface area contributed by atoms with Gasteiger partial charge in [0.25, 0.3) is 0 Å². The number of rotatable bonds is 2. The number of pyridine rings is 1. The third-order valence-electron chi connectivity index (χ3n) is 3.36. The summed E-state index contributed by atoms with van der Waals surface area (Å²) >= 11 is 0. The van der Waals surface area contributed by atoms with Gasteiger partial charge in [-0.2, -0.15) is 0 Å². The Hall–Kier alpha value is -1.57. The summed E-state index contributed by atoms with van der Waals surface area (Å²) in [6.07, 6.45) is 0. The van der Waals surface area contributed by atoms with Gasteiger partial charge in [-0.25, -0.2) is 0 Å². The maximum Gasteiger partial charge on any atom is 0.0726 e. The summed E-state index contributed by atoms with van der Waals surface area (Å²) in [5.74, 6) is 0. The standard InChI is InChI=1S/C16H22N2/c1-6-18(5)14-9-7-8-13-12(14)10-11-15(17-13)16(2,3)4/h7-11H,6H2,1-5H3. The minimum Gasteiger partial charge on any atom is -0.374 e. The van der Waals surface area contributed by atoms with Crippen molar-refractivity contribution in [2.24, 2.45) is 0 Å². The van der Waals surface area contributed by atoms with E-state index in [-0.39, 0.29) is 5.41 Å². The van der Waals surface area contributed by atoms with E-state index in [9.17, 15) is 0 Å². The van der Waals surface area contributed by atoms with Crippen molar-refractivity contribution < 1.29 is 0 Å². The molecular weight excluding hydrogens is 220 g/mol. The van der Waals surface area contributed by atoms with Crippen LogP contribution in [-0.4, -0.2) is 18.6 Å². The van der Waals surface area contributed by atoms with Crippen LogP contribution >= 0.6 is 0 Å². The topological polar surface area (TPSA) is 16.1 Å².